The number of hydrogen-bond donors (Lipinski definition) is 0. The summed E-state index contributed by atoms with van der Waals surface area (Å²) >= 11 is 0. The molecule has 3 aromatic carbocycles. The van der Waals surface area contributed by atoms with Crippen molar-refractivity contribution in [1.29, 1.82) is 0 Å². The van der Waals surface area contributed by atoms with Gasteiger partial charge in [0.15, 0.2) is 11.6 Å². The average molecular weight is 399 g/mol. The molecule has 3 rings (SSSR count). The fourth-order valence-corrected chi connectivity index (χ4v) is 4.76. The van der Waals surface area contributed by atoms with Crippen LogP contribution in [0.15, 0.2) is 54.6 Å². The molecule has 0 saturated heterocycles. The van der Waals surface area contributed by atoms with Gasteiger partial charge in [-0.1, -0.05) is 81.5 Å². The highest BCUT2D eigenvalue weighted by Crippen LogP contribution is 2.30. The van der Waals surface area contributed by atoms with E-state index in [0.717, 1.165) is 18.4 Å². The largest absolute Gasteiger partial charge is 0.206 e. The minimum absolute atomic E-state index is 0.0863. The first kappa shape index (κ1) is 20.4. The third-order valence-electron chi connectivity index (χ3n) is 4.97. The molecule has 0 aromatic heterocycles. The monoisotopic (exact) mass is 398 g/mol. The van der Waals surface area contributed by atoms with Gasteiger partial charge in [-0.25, -0.2) is 13.2 Å². The maximum atomic E-state index is 14.8. The molecular formula is C24H25F3Si. The van der Waals surface area contributed by atoms with Gasteiger partial charge < -0.3 is 0 Å². The molecule has 0 bridgehead atoms. The van der Waals surface area contributed by atoms with Crippen LogP contribution in [0, 0.1) is 17.5 Å². The molecule has 0 nitrogen and oxygen atoms in total. The Kier molecular flexibility index (Phi) is 5.80. The van der Waals surface area contributed by atoms with Crippen molar-refractivity contribution in [1.82, 2.24) is 0 Å². The third kappa shape index (κ3) is 4.07. The fourth-order valence-electron chi connectivity index (χ4n) is 3.41. The molecule has 0 N–H and O–H groups in total. The van der Waals surface area contributed by atoms with Crippen molar-refractivity contribution in [2.45, 2.75) is 39.4 Å². The number of hydrogen-bond acceptors (Lipinski definition) is 0. The van der Waals surface area contributed by atoms with Crippen LogP contribution in [0.5, 0.6) is 0 Å². The van der Waals surface area contributed by atoms with E-state index in [4.69, 9.17) is 0 Å². The zero-order chi connectivity index (χ0) is 20.5. The Balaban J connectivity index is 1.98. The Bertz CT molecular complexity index is 986. The summed E-state index contributed by atoms with van der Waals surface area (Å²) in [5.74, 6) is -2.17. The second-order valence-corrected chi connectivity index (χ2v) is 13.2. The SMILES string of the molecule is CCCc1ccc(-c2ccc(-c3ccc([Si](C)(C)C)c(F)c3F)cc2F)cc1. The van der Waals surface area contributed by atoms with Gasteiger partial charge in [0.1, 0.15) is 5.82 Å². The van der Waals surface area contributed by atoms with Crippen molar-refractivity contribution >= 4 is 13.3 Å². The van der Waals surface area contributed by atoms with E-state index in [1.54, 1.807) is 24.3 Å². The van der Waals surface area contributed by atoms with Gasteiger partial charge in [0.05, 0.1) is 8.07 Å². The van der Waals surface area contributed by atoms with Gasteiger partial charge in [0.25, 0.3) is 0 Å². The minimum atomic E-state index is -2.00. The van der Waals surface area contributed by atoms with Crippen molar-refractivity contribution in [2.75, 3.05) is 0 Å². The lowest BCUT2D eigenvalue weighted by molar-refractivity contribution is 0.516. The van der Waals surface area contributed by atoms with Crippen LogP contribution in [0.3, 0.4) is 0 Å². The molecule has 0 atom stereocenters. The van der Waals surface area contributed by atoms with Gasteiger partial charge in [-0.05, 0) is 34.4 Å². The van der Waals surface area contributed by atoms with Gasteiger partial charge in [-0.15, -0.1) is 0 Å². The van der Waals surface area contributed by atoms with E-state index in [2.05, 4.69) is 6.92 Å². The first-order chi connectivity index (χ1) is 13.2. The summed E-state index contributed by atoms with van der Waals surface area (Å²) in [5.41, 5.74) is 2.85. The van der Waals surface area contributed by atoms with Crippen LogP contribution < -0.4 is 5.19 Å². The molecule has 0 spiro atoms. The number of benzene rings is 3. The predicted molar refractivity (Wildman–Crippen MR) is 114 cm³/mol. The van der Waals surface area contributed by atoms with Gasteiger partial charge in [-0.3, -0.25) is 0 Å². The summed E-state index contributed by atoms with van der Waals surface area (Å²) < 4.78 is 44.0. The lowest BCUT2D eigenvalue weighted by Crippen LogP contribution is -2.40. The second kappa shape index (κ2) is 7.96. The van der Waals surface area contributed by atoms with E-state index in [1.807, 2.05) is 43.9 Å². The Labute approximate surface area is 166 Å². The first-order valence-electron chi connectivity index (χ1n) is 9.60. The van der Waals surface area contributed by atoms with Crippen molar-refractivity contribution in [3.05, 3.63) is 77.6 Å². The Morgan fingerprint density at radius 1 is 0.714 bits per heavy atom. The summed E-state index contributed by atoms with van der Waals surface area (Å²) in [7, 11) is -2.00. The van der Waals surface area contributed by atoms with Gasteiger partial charge in [0, 0.05) is 11.1 Å². The van der Waals surface area contributed by atoms with Crippen LogP contribution in [0.4, 0.5) is 13.2 Å². The standard InChI is InChI=1S/C24H25F3Si/c1-5-6-16-7-9-17(10-8-16)19-12-11-18(15-21(19)25)20-13-14-22(28(2,3)4)24(27)23(20)26/h7-15H,5-6H2,1-4H3. The van der Waals surface area contributed by atoms with E-state index in [9.17, 15) is 13.2 Å². The Morgan fingerprint density at radius 2 is 1.32 bits per heavy atom. The van der Waals surface area contributed by atoms with Crippen LogP contribution in [0.2, 0.25) is 19.6 Å². The van der Waals surface area contributed by atoms with E-state index < -0.39 is 25.5 Å². The molecule has 0 aliphatic rings. The minimum Gasteiger partial charge on any atom is -0.206 e. The summed E-state index contributed by atoms with van der Waals surface area (Å²) in [4.78, 5) is 0. The quantitative estimate of drug-likeness (QED) is 0.409. The topological polar surface area (TPSA) is 0 Å². The van der Waals surface area contributed by atoms with Crippen molar-refractivity contribution in [3.63, 3.8) is 0 Å². The summed E-state index contributed by atoms with van der Waals surface area (Å²) in [6.45, 7) is 8.00. The van der Waals surface area contributed by atoms with E-state index in [0.29, 0.717) is 16.3 Å². The van der Waals surface area contributed by atoms with Crippen molar-refractivity contribution < 1.29 is 13.2 Å². The molecule has 28 heavy (non-hydrogen) atoms. The summed E-state index contributed by atoms with van der Waals surface area (Å²) in [5, 5.41) is 0.443. The Morgan fingerprint density at radius 3 is 1.89 bits per heavy atom. The van der Waals surface area contributed by atoms with Crippen LogP contribution in [-0.2, 0) is 6.42 Å². The number of aryl methyl sites for hydroxylation is 1. The molecule has 0 radical (unpaired) electrons. The Hall–Kier alpha value is -2.33. The van der Waals surface area contributed by atoms with Crippen LogP contribution in [0.25, 0.3) is 22.3 Å². The van der Waals surface area contributed by atoms with Gasteiger partial charge >= 0.3 is 0 Å². The van der Waals surface area contributed by atoms with Crippen molar-refractivity contribution in [2.24, 2.45) is 0 Å². The molecule has 0 aliphatic carbocycles. The normalized spacial score (nSPS) is 11.7. The van der Waals surface area contributed by atoms with Crippen LogP contribution in [-0.4, -0.2) is 8.07 Å². The zero-order valence-corrected chi connectivity index (χ0v) is 17.7. The maximum Gasteiger partial charge on any atom is 0.166 e. The summed E-state index contributed by atoms with van der Waals surface area (Å²) in [6, 6.07) is 15.5. The average Bonchev–Trinajstić information content (AvgIpc) is 2.64. The maximum absolute atomic E-state index is 14.8. The highest BCUT2D eigenvalue weighted by molar-refractivity contribution is 6.88. The van der Waals surface area contributed by atoms with E-state index in [1.165, 1.54) is 11.6 Å². The second-order valence-electron chi connectivity index (χ2n) is 8.18. The van der Waals surface area contributed by atoms with E-state index in [-0.39, 0.29) is 5.56 Å². The molecule has 0 unspecified atom stereocenters. The summed E-state index contributed by atoms with van der Waals surface area (Å²) in [6.07, 6.45) is 2.04. The lowest BCUT2D eigenvalue weighted by Gasteiger charge is -2.19. The molecule has 0 heterocycles. The van der Waals surface area contributed by atoms with Gasteiger partial charge in [-0.2, -0.15) is 0 Å². The lowest BCUT2D eigenvalue weighted by atomic mass is 9.98. The van der Waals surface area contributed by atoms with Crippen LogP contribution in [0.1, 0.15) is 18.9 Å². The zero-order valence-electron chi connectivity index (χ0n) is 16.7. The molecule has 0 aliphatic heterocycles. The highest BCUT2D eigenvalue weighted by atomic mass is 28.3. The number of halogens is 3. The van der Waals surface area contributed by atoms with Crippen molar-refractivity contribution in [3.8, 4) is 22.3 Å². The molecular weight excluding hydrogens is 373 g/mol. The highest BCUT2D eigenvalue weighted by Gasteiger charge is 2.25. The molecule has 4 heteroatoms. The third-order valence-corrected chi connectivity index (χ3v) is 6.98. The predicted octanol–water partition coefficient (Wildman–Crippen LogP) is 6.94. The fraction of sp³-hybridized carbons (Fsp3) is 0.250. The molecule has 3 aromatic rings. The first-order valence-corrected chi connectivity index (χ1v) is 13.1. The molecule has 0 fully saturated rings. The molecule has 0 saturated carbocycles. The van der Waals surface area contributed by atoms with Gasteiger partial charge in [0.2, 0.25) is 0 Å². The number of rotatable bonds is 5. The molecule has 0 amide bonds. The smallest absolute Gasteiger partial charge is 0.166 e. The molecule has 146 valence electrons. The van der Waals surface area contributed by atoms with E-state index >= 15 is 0 Å². The van der Waals surface area contributed by atoms with Crippen LogP contribution >= 0.6 is 0 Å².